The third kappa shape index (κ3) is 4.86. The molecule has 0 radical (unpaired) electrons. The van der Waals surface area contributed by atoms with Crippen LogP contribution in [0.5, 0.6) is 5.75 Å². The Morgan fingerprint density at radius 2 is 1.90 bits per heavy atom. The van der Waals surface area contributed by atoms with Crippen LogP contribution in [0.25, 0.3) is 55.8 Å². The highest BCUT2D eigenvalue weighted by atomic mass is 19.1. The second-order valence-corrected chi connectivity index (χ2v) is 9.47. The summed E-state index contributed by atoms with van der Waals surface area (Å²) in [5.74, 6) is 0.498. The number of hydrogen-bond acceptors (Lipinski definition) is 6. The first-order valence-corrected chi connectivity index (χ1v) is 13.0. The fourth-order valence-electron chi connectivity index (χ4n) is 4.68. The Hall–Kier alpha value is -5.12. The lowest BCUT2D eigenvalue weighted by atomic mass is 10.0. The summed E-state index contributed by atoms with van der Waals surface area (Å²) >= 11 is 0. The summed E-state index contributed by atoms with van der Waals surface area (Å²) in [5, 5.41) is 11.4. The van der Waals surface area contributed by atoms with Crippen molar-refractivity contribution < 1.29 is 13.9 Å². The van der Waals surface area contributed by atoms with E-state index in [1.54, 1.807) is 24.7 Å². The number of ether oxygens (including phenoxy) is 1. The number of halogens is 1. The SMILES string of the molecule is CCCCC(=O)Nc1cncc(-c2ccc3[nH]nc(-c4nc5c(-c6cc(F)cc(OC)c6)nccc5[nH]4)c3c2)c1. The summed E-state index contributed by atoms with van der Waals surface area (Å²) in [7, 11) is 1.49. The van der Waals surface area contributed by atoms with Crippen LogP contribution >= 0.6 is 0 Å². The smallest absolute Gasteiger partial charge is 0.224 e. The van der Waals surface area contributed by atoms with Gasteiger partial charge in [-0.1, -0.05) is 19.4 Å². The lowest BCUT2D eigenvalue weighted by Crippen LogP contribution is -2.11. The van der Waals surface area contributed by atoms with E-state index in [-0.39, 0.29) is 5.91 Å². The minimum Gasteiger partial charge on any atom is -0.497 e. The number of unbranched alkanes of at least 4 members (excludes halogenated alkanes) is 1. The molecule has 40 heavy (non-hydrogen) atoms. The first kappa shape index (κ1) is 25.2. The van der Waals surface area contributed by atoms with Gasteiger partial charge in [0.25, 0.3) is 0 Å². The number of methoxy groups -OCH3 is 1. The van der Waals surface area contributed by atoms with Crippen molar-refractivity contribution in [3.05, 3.63) is 72.9 Å². The number of imidazole rings is 1. The predicted octanol–water partition coefficient (Wildman–Crippen LogP) is 6.51. The molecule has 0 aliphatic rings. The zero-order chi connectivity index (χ0) is 27.6. The number of nitrogens with one attached hydrogen (secondary N) is 3. The molecule has 3 N–H and O–H groups in total. The summed E-state index contributed by atoms with van der Waals surface area (Å²) < 4.78 is 19.5. The van der Waals surface area contributed by atoms with Gasteiger partial charge in [-0.25, -0.2) is 9.37 Å². The number of fused-ring (bicyclic) bond motifs is 2. The number of benzene rings is 2. The molecule has 1 amide bonds. The van der Waals surface area contributed by atoms with Gasteiger partial charge in [0.15, 0.2) is 5.82 Å². The highest BCUT2D eigenvalue weighted by Gasteiger charge is 2.17. The van der Waals surface area contributed by atoms with Crippen LogP contribution in [0, 0.1) is 5.82 Å². The first-order chi connectivity index (χ1) is 19.5. The van der Waals surface area contributed by atoms with Crippen molar-refractivity contribution in [3.8, 4) is 39.7 Å². The number of amides is 1. The zero-order valence-electron chi connectivity index (χ0n) is 22.0. The molecular formula is C30H26FN7O2. The Balaban J connectivity index is 1.38. The van der Waals surface area contributed by atoms with Crippen molar-refractivity contribution >= 4 is 33.5 Å². The molecule has 0 aliphatic carbocycles. The van der Waals surface area contributed by atoms with E-state index in [9.17, 15) is 9.18 Å². The normalized spacial score (nSPS) is 11.3. The molecule has 200 valence electrons. The average molecular weight is 536 g/mol. The molecule has 4 heterocycles. The van der Waals surface area contributed by atoms with E-state index >= 15 is 0 Å². The van der Waals surface area contributed by atoms with Crippen molar-refractivity contribution in [2.45, 2.75) is 26.2 Å². The Morgan fingerprint density at radius 3 is 2.75 bits per heavy atom. The quantitative estimate of drug-likeness (QED) is 0.204. The molecular weight excluding hydrogens is 509 g/mol. The van der Waals surface area contributed by atoms with E-state index in [1.165, 1.54) is 19.2 Å². The Bertz CT molecular complexity index is 1860. The van der Waals surface area contributed by atoms with Crippen molar-refractivity contribution in [1.82, 2.24) is 30.1 Å². The minimum atomic E-state index is -0.422. The van der Waals surface area contributed by atoms with Gasteiger partial charge in [-0.3, -0.25) is 19.9 Å². The molecule has 0 spiro atoms. The number of H-pyrrole nitrogens is 2. The molecule has 4 aromatic heterocycles. The Labute approximate surface area is 228 Å². The van der Waals surface area contributed by atoms with Gasteiger partial charge in [-0.05, 0) is 48.4 Å². The molecule has 0 saturated heterocycles. The third-order valence-electron chi connectivity index (χ3n) is 6.68. The van der Waals surface area contributed by atoms with Crippen LogP contribution in [0.3, 0.4) is 0 Å². The van der Waals surface area contributed by atoms with Gasteiger partial charge >= 0.3 is 0 Å². The number of hydrogen-bond donors (Lipinski definition) is 3. The third-order valence-corrected chi connectivity index (χ3v) is 6.68. The Kier molecular flexibility index (Phi) is 6.65. The van der Waals surface area contributed by atoms with Gasteiger partial charge in [-0.2, -0.15) is 5.10 Å². The largest absolute Gasteiger partial charge is 0.497 e. The van der Waals surface area contributed by atoms with Crippen molar-refractivity contribution in [3.63, 3.8) is 0 Å². The molecule has 10 heteroatoms. The second-order valence-electron chi connectivity index (χ2n) is 9.47. The highest BCUT2D eigenvalue weighted by Crippen LogP contribution is 2.33. The lowest BCUT2D eigenvalue weighted by Gasteiger charge is -2.07. The molecule has 0 unspecified atom stereocenters. The maximum absolute atomic E-state index is 14.2. The number of carbonyl (C=O) groups excluding carboxylic acids is 1. The number of aromatic amines is 2. The van der Waals surface area contributed by atoms with E-state index < -0.39 is 5.82 Å². The number of nitrogens with zero attached hydrogens (tertiary/aromatic N) is 4. The maximum Gasteiger partial charge on any atom is 0.224 e. The van der Waals surface area contributed by atoms with E-state index in [4.69, 9.17) is 9.72 Å². The van der Waals surface area contributed by atoms with E-state index in [1.807, 2.05) is 30.3 Å². The summed E-state index contributed by atoms with van der Waals surface area (Å²) in [6, 6.07) is 14.1. The predicted molar refractivity (Wildman–Crippen MR) is 152 cm³/mol. The Morgan fingerprint density at radius 1 is 1.00 bits per heavy atom. The molecule has 0 atom stereocenters. The fourth-order valence-corrected chi connectivity index (χ4v) is 4.68. The molecule has 0 fully saturated rings. The molecule has 2 aromatic carbocycles. The lowest BCUT2D eigenvalue weighted by molar-refractivity contribution is -0.116. The van der Waals surface area contributed by atoms with Crippen LogP contribution < -0.4 is 10.1 Å². The van der Waals surface area contributed by atoms with Crippen molar-refractivity contribution in [2.24, 2.45) is 0 Å². The molecule has 9 nitrogen and oxygen atoms in total. The van der Waals surface area contributed by atoms with Gasteiger partial charge in [0, 0.05) is 41.4 Å². The van der Waals surface area contributed by atoms with Gasteiger partial charge in [0.05, 0.1) is 35.7 Å². The summed E-state index contributed by atoms with van der Waals surface area (Å²) in [5.41, 5.74) is 6.32. The van der Waals surface area contributed by atoms with E-state index in [0.717, 1.165) is 40.4 Å². The number of rotatable bonds is 8. The summed E-state index contributed by atoms with van der Waals surface area (Å²) in [4.78, 5) is 29.2. The number of anilines is 1. The fraction of sp³-hybridized carbons (Fsp3) is 0.167. The number of carbonyl (C=O) groups is 1. The maximum atomic E-state index is 14.2. The summed E-state index contributed by atoms with van der Waals surface area (Å²) in [6.07, 6.45) is 7.33. The minimum absolute atomic E-state index is 0.0243. The second kappa shape index (κ2) is 10.6. The highest BCUT2D eigenvalue weighted by molar-refractivity contribution is 5.98. The van der Waals surface area contributed by atoms with E-state index in [2.05, 4.69) is 37.4 Å². The van der Waals surface area contributed by atoms with Gasteiger partial charge in [0.2, 0.25) is 5.91 Å². The summed E-state index contributed by atoms with van der Waals surface area (Å²) in [6.45, 7) is 2.05. The number of aromatic nitrogens is 6. The molecule has 6 aromatic rings. The van der Waals surface area contributed by atoms with Gasteiger partial charge in [-0.15, -0.1) is 0 Å². The number of pyridine rings is 2. The molecule has 6 rings (SSSR count). The topological polar surface area (TPSA) is 121 Å². The standard InChI is InChI=1S/C30H26FN7O2/c1-3-4-5-26(39)34-21-11-19(15-32-16-21)17-6-7-24-23(13-17)28(38-37-24)30-35-25-8-9-33-27(29(25)36-30)18-10-20(31)14-22(12-18)40-2/h6-16H,3-5H2,1-2H3,(H,34,39)(H,35,36)(H,37,38). The van der Waals surface area contributed by atoms with Crippen LogP contribution in [0.4, 0.5) is 10.1 Å². The van der Waals surface area contributed by atoms with Crippen LogP contribution in [-0.2, 0) is 4.79 Å². The average Bonchev–Trinajstić information content (AvgIpc) is 3.59. The monoisotopic (exact) mass is 535 g/mol. The first-order valence-electron chi connectivity index (χ1n) is 13.0. The van der Waals surface area contributed by atoms with Crippen LogP contribution in [0.2, 0.25) is 0 Å². The molecule has 0 aliphatic heterocycles. The van der Waals surface area contributed by atoms with Gasteiger partial charge in [0.1, 0.15) is 22.8 Å². The van der Waals surface area contributed by atoms with Crippen LogP contribution in [0.15, 0.2) is 67.1 Å². The molecule has 0 saturated carbocycles. The van der Waals surface area contributed by atoms with Crippen molar-refractivity contribution in [1.29, 1.82) is 0 Å². The van der Waals surface area contributed by atoms with Crippen LogP contribution in [-0.4, -0.2) is 43.2 Å². The van der Waals surface area contributed by atoms with Crippen LogP contribution in [0.1, 0.15) is 26.2 Å². The van der Waals surface area contributed by atoms with Gasteiger partial charge < -0.3 is 15.0 Å². The van der Waals surface area contributed by atoms with Crippen molar-refractivity contribution in [2.75, 3.05) is 12.4 Å². The molecule has 0 bridgehead atoms. The van der Waals surface area contributed by atoms with E-state index in [0.29, 0.717) is 46.2 Å². The zero-order valence-corrected chi connectivity index (χ0v) is 22.0.